The van der Waals surface area contributed by atoms with Gasteiger partial charge in [0.25, 0.3) is 5.56 Å². The van der Waals surface area contributed by atoms with Crippen LogP contribution in [0.3, 0.4) is 0 Å². The van der Waals surface area contributed by atoms with Gasteiger partial charge in [-0.1, -0.05) is 6.07 Å². The van der Waals surface area contributed by atoms with Gasteiger partial charge in [-0.3, -0.25) is 14.5 Å². The summed E-state index contributed by atoms with van der Waals surface area (Å²) in [7, 11) is 0. The van der Waals surface area contributed by atoms with E-state index in [-0.39, 0.29) is 11.5 Å². The zero-order valence-electron chi connectivity index (χ0n) is 16.7. The number of fused-ring (bicyclic) bond motifs is 3. The van der Waals surface area contributed by atoms with Crippen molar-refractivity contribution in [3.05, 3.63) is 49.0 Å². The molecule has 1 saturated heterocycles. The summed E-state index contributed by atoms with van der Waals surface area (Å²) >= 11 is 4.97. The van der Waals surface area contributed by atoms with Crippen LogP contribution in [0.15, 0.2) is 22.3 Å². The largest absolute Gasteiger partial charge is 0.339 e. The number of amides is 1. The molecule has 2 aliphatic rings. The van der Waals surface area contributed by atoms with Gasteiger partial charge in [0, 0.05) is 42.5 Å². The molecule has 1 fully saturated rings. The number of H-pyrrole nitrogens is 1. The van der Waals surface area contributed by atoms with Crippen molar-refractivity contribution in [2.24, 2.45) is 0 Å². The molecule has 5 rings (SSSR count). The van der Waals surface area contributed by atoms with E-state index in [9.17, 15) is 9.59 Å². The number of piperazine rings is 1. The highest BCUT2D eigenvalue weighted by molar-refractivity contribution is 7.99. The fraction of sp³-hybridized carbons (Fsp3) is 0.476. The Morgan fingerprint density at radius 1 is 1.23 bits per heavy atom. The lowest BCUT2D eigenvalue weighted by molar-refractivity contribution is -0.130. The summed E-state index contributed by atoms with van der Waals surface area (Å²) in [5, 5.41) is 2.90. The van der Waals surface area contributed by atoms with Crippen LogP contribution < -0.4 is 5.56 Å². The van der Waals surface area contributed by atoms with Crippen molar-refractivity contribution in [1.29, 1.82) is 0 Å². The monoisotopic (exact) mass is 460 g/mol. The average Bonchev–Trinajstić information content (AvgIpc) is 3.46. The predicted octanol–water partition coefficient (Wildman–Crippen LogP) is 3.11. The lowest BCUT2D eigenvalue weighted by Crippen LogP contribution is -2.48. The van der Waals surface area contributed by atoms with Crippen LogP contribution in [0.2, 0.25) is 0 Å². The van der Waals surface area contributed by atoms with Crippen molar-refractivity contribution in [1.82, 2.24) is 19.8 Å². The second-order valence-corrected chi connectivity index (χ2v) is 10.9. The van der Waals surface area contributed by atoms with Gasteiger partial charge >= 0.3 is 0 Å². The SMILES string of the molecule is O=C(CSCc1nc2sc3c(c2c(=O)[nH]1)CCC3)N1CCN(Cc2cccs2)CC1. The lowest BCUT2D eigenvalue weighted by atomic mass is 10.2. The third-order valence-electron chi connectivity index (χ3n) is 5.77. The highest BCUT2D eigenvalue weighted by Gasteiger charge is 2.23. The third-order valence-corrected chi connectivity index (χ3v) is 8.75. The summed E-state index contributed by atoms with van der Waals surface area (Å²) in [5.74, 6) is 1.83. The normalized spacial score (nSPS) is 17.0. The summed E-state index contributed by atoms with van der Waals surface area (Å²) in [4.78, 5) is 40.6. The van der Waals surface area contributed by atoms with Gasteiger partial charge in [0.1, 0.15) is 10.7 Å². The smallest absolute Gasteiger partial charge is 0.259 e. The van der Waals surface area contributed by atoms with E-state index in [1.165, 1.54) is 27.1 Å². The van der Waals surface area contributed by atoms with Gasteiger partial charge in [-0.2, -0.15) is 0 Å². The van der Waals surface area contributed by atoms with E-state index < -0.39 is 0 Å². The van der Waals surface area contributed by atoms with Crippen LogP contribution in [0.25, 0.3) is 10.2 Å². The minimum absolute atomic E-state index is 0.0248. The van der Waals surface area contributed by atoms with Crippen molar-refractivity contribution in [2.75, 3.05) is 31.9 Å². The van der Waals surface area contributed by atoms with Crippen molar-refractivity contribution in [2.45, 2.75) is 31.6 Å². The number of thiophene rings is 2. The molecule has 158 valence electrons. The maximum atomic E-state index is 12.6. The fourth-order valence-corrected chi connectivity index (χ4v) is 7.04. The Labute approximate surface area is 187 Å². The Morgan fingerprint density at radius 2 is 2.10 bits per heavy atom. The van der Waals surface area contributed by atoms with Gasteiger partial charge in [-0.25, -0.2) is 4.98 Å². The van der Waals surface area contributed by atoms with Crippen molar-refractivity contribution in [3.8, 4) is 0 Å². The van der Waals surface area contributed by atoms with Crippen LogP contribution in [0.5, 0.6) is 0 Å². The first kappa shape index (κ1) is 20.2. The number of carbonyl (C=O) groups is 1. The summed E-state index contributed by atoms with van der Waals surface area (Å²) in [5.41, 5.74) is 1.18. The van der Waals surface area contributed by atoms with Gasteiger partial charge in [0.15, 0.2) is 0 Å². The highest BCUT2D eigenvalue weighted by Crippen LogP contribution is 2.34. The van der Waals surface area contributed by atoms with Crippen LogP contribution in [-0.4, -0.2) is 57.6 Å². The van der Waals surface area contributed by atoms with Gasteiger partial charge in [-0.15, -0.1) is 34.4 Å². The van der Waals surface area contributed by atoms with Crippen molar-refractivity contribution >= 4 is 50.6 Å². The number of aromatic amines is 1. The second kappa shape index (κ2) is 8.82. The summed E-state index contributed by atoms with van der Waals surface area (Å²) < 4.78 is 0. The van der Waals surface area contributed by atoms with Gasteiger partial charge in [0.05, 0.1) is 16.9 Å². The molecule has 1 amide bonds. The maximum Gasteiger partial charge on any atom is 0.259 e. The Balaban J connectivity index is 1.12. The maximum absolute atomic E-state index is 12.6. The standard InChI is InChI=1S/C21H24N4O2S3/c26-18(25-8-6-24(7-9-25)11-14-3-2-10-29-14)13-28-12-17-22-20(27)19-15-4-1-5-16(15)30-21(19)23-17/h2-3,10H,1,4-9,11-13H2,(H,22,23,27). The Bertz CT molecular complexity index is 1100. The zero-order valence-corrected chi connectivity index (χ0v) is 19.1. The Hall–Kier alpha value is -1.68. The number of carbonyl (C=O) groups excluding carboxylic acids is 1. The quantitative estimate of drug-likeness (QED) is 0.612. The molecule has 30 heavy (non-hydrogen) atoms. The predicted molar refractivity (Wildman–Crippen MR) is 125 cm³/mol. The first-order valence-corrected chi connectivity index (χ1v) is 13.2. The number of hydrogen-bond donors (Lipinski definition) is 1. The molecule has 0 aromatic carbocycles. The lowest BCUT2D eigenvalue weighted by Gasteiger charge is -2.34. The number of hydrogen-bond acceptors (Lipinski definition) is 7. The minimum Gasteiger partial charge on any atom is -0.339 e. The van der Waals surface area contributed by atoms with Crippen LogP contribution >= 0.6 is 34.4 Å². The molecule has 0 atom stereocenters. The molecule has 4 heterocycles. The van der Waals surface area contributed by atoms with Gasteiger partial charge in [-0.05, 0) is 36.3 Å². The summed E-state index contributed by atoms with van der Waals surface area (Å²) in [6, 6.07) is 4.25. The van der Waals surface area contributed by atoms with Gasteiger partial charge < -0.3 is 9.88 Å². The Morgan fingerprint density at radius 3 is 2.90 bits per heavy atom. The van der Waals surface area contributed by atoms with Crippen LogP contribution in [0, 0.1) is 0 Å². The average molecular weight is 461 g/mol. The number of aryl methyl sites for hydroxylation is 2. The molecule has 9 heteroatoms. The van der Waals surface area contributed by atoms with E-state index in [0.717, 1.165) is 62.2 Å². The van der Waals surface area contributed by atoms with Crippen LogP contribution in [0.4, 0.5) is 0 Å². The van der Waals surface area contributed by atoms with E-state index >= 15 is 0 Å². The molecule has 1 aliphatic heterocycles. The first-order chi connectivity index (χ1) is 14.7. The van der Waals surface area contributed by atoms with E-state index in [2.05, 4.69) is 32.4 Å². The fourth-order valence-electron chi connectivity index (χ4n) is 4.22. The minimum atomic E-state index is -0.0248. The molecule has 0 radical (unpaired) electrons. The Kier molecular flexibility index (Phi) is 5.95. The molecular formula is C21H24N4O2S3. The van der Waals surface area contributed by atoms with Crippen LogP contribution in [0.1, 0.15) is 27.6 Å². The van der Waals surface area contributed by atoms with Crippen LogP contribution in [-0.2, 0) is 29.9 Å². The number of nitrogens with one attached hydrogen (secondary N) is 1. The van der Waals surface area contributed by atoms with Gasteiger partial charge in [0.2, 0.25) is 5.91 Å². The van der Waals surface area contributed by atoms with E-state index in [1.807, 2.05) is 4.90 Å². The first-order valence-electron chi connectivity index (χ1n) is 10.3. The number of aromatic nitrogens is 2. The number of rotatable bonds is 6. The molecule has 3 aromatic rings. The molecule has 0 saturated carbocycles. The number of thioether (sulfide) groups is 1. The van der Waals surface area contributed by atoms with E-state index in [1.54, 1.807) is 22.7 Å². The summed E-state index contributed by atoms with van der Waals surface area (Å²) in [6.45, 7) is 4.38. The second-order valence-electron chi connectivity index (χ2n) is 7.78. The molecule has 3 aromatic heterocycles. The highest BCUT2D eigenvalue weighted by atomic mass is 32.2. The van der Waals surface area contributed by atoms with E-state index in [4.69, 9.17) is 0 Å². The topological polar surface area (TPSA) is 69.3 Å². The molecular weight excluding hydrogens is 436 g/mol. The summed E-state index contributed by atoms with van der Waals surface area (Å²) in [6.07, 6.45) is 3.19. The molecule has 6 nitrogen and oxygen atoms in total. The van der Waals surface area contributed by atoms with Crippen molar-refractivity contribution < 1.29 is 4.79 Å². The third kappa shape index (κ3) is 4.21. The molecule has 1 aliphatic carbocycles. The molecule has 0 bridgehead atoms. The molecule has 0 spiro atoms. The van der Waals surface area contributed by atoms with E-state index in [0.29, 0.717) is 17.3 Å². The van der Waals surface area contributed by atoms with Crippen molar-refractivity contribution in [3.63, 3.8) is 0 Å². The zero-order chi connectivity index (χ0) is 20.5. The molecule has 0 unspecified atom stereocenters. The molecule has 1 N–H and O–H groups in total. The number of nitrogens with zero attached hydrogens (tertiary/aromatic N) is 3.